The summed E-state index contributed by atoms with van der Waals surface area (Å²) in [4.78, 5) is 2.02. The molecule has 0 spiro atoms. The van der Waals surface area contributed by atoms with E-state index in [-0.39, 0.29) is 13.2 Å². The third-order valence-corrected chi connectivity index (χ3v) is 2.97. The molecule has 100 valence electrons. The van der Waals surface area contributed by atoms with Crippen molar-refractivity contribution in [2.45, 2.75) is 19.1 Å². The van der Waals surface area contributed by atoms with Crippen molar-refractivity contribution in [2.75, 3.05) is 20.2 Å². The first-order valence-corrected chi connectivity index (χ1v) is 6.21. The number of alkyl halides is 3. The van der Waals surface area contributed by atoms with Gasteiger partial charge in [0.2, 0.25) is 0 Å². The number of aliphatic hydroxyl groups excluding tert-OH is 1. The van der Waals surface area contributed by atoms with Gasteiger partial charge in [-0.05, 0) is 18.5 Å². The van der Waals surface area contributed by atoms with Crippen LogP contribution < -0.4 is 0 Å². The molecule has 0 fully saturated rings. The van der Waals surface area contributed by atoms with Crippen LogP contribution in [0.2, 0.25) is 0 Å². The van der Waals surface area contributed by atoms with Gasteiger partial charge in [0.05, 0.1) is 13.2 Å². The predicted molar refractivity (Wildman–Crippen MR) is 65.3 cm³/mol. The lowest BCUT2D eigenvalue weighted by atomic mass is 10.2. The Kier molecular flexibility index (Phi) is 5.66. The molecule has 18 heavy (non-hydrogen) atoms. The fourth-order valence-corrected chi connectivity index (χ4v) is 2.30. The van der Waals surface area contributed by atoms with Gasteiger partial charge in [-0.15, -0.1) is 11.3 Å². The number of halogens is 3. The molecule has 0 radical (unpaired) electrons. The fraction of sp³-hybridized carbons (Fsp3) is 0.500. The third kappa shape index (κ3) is 5.54. The highest BCUT2D eigenvalue weighted by Crippen LogP contribution is 2.21. The van der Waals surface area contributed by atoms with Crippen LogP contribution >= 0.6 is 11.3 Å². The zero-order chi connectivity index (χ0) is 13.6. The highest BCUT2D eigenvalue weighted by atomic mass is 32.1. The van der Waals surface area contributed by atoms with Gasteiger partial charge in [0, 0.05) is 23.4 Å². The predicted octanol–water partition coefficient (Wildman–Crippen LogP) is 2.48. The van der Waals surface area contributed by atoms with Crippen LogP contribution in [0, 0.1) is 11.8 Å². The number of hydrogen-bond acceptors (Lipinski definition) is 3. The van der Waals surface area contributed by atoms with Crippen LogP contribution in [0.5, 0.6) is 0 Å². The van der Waals surface area contributed by atoms with E-state index in [2.05, 4.69) is 11.8 Å². The number of aliphatic hydroxyl groups is 1. The Labute approximate surface area is 108 Å². The lowest BCUT2D eigenvalue weighted by Crippen LogP contribution is -2.30. The minimum absolute atomic E-state index is 0.0134. The SMILES string of the molecule is CN(Cc1sccc1C#CCCO)CC(F)(F)F. The van der Waals surface area contributed by atoms with Crippen molar-refractivity contribution >= 4 is 11.3 Å². The standard InChI is InChI=1S/C12H14F3NOS/c1-16(9-12(13,14)15)8-11-10(5-7-18-11)4-2-3-6-17/h5,7,17H,3,6,8-9H2,1H3. The second-order valence-corrected chi connectivity index (χ2v) is 4.82. The fourth-order valence-electron chi connectivity index (χ4n) is 1.40. The molecule has 6 heteroatoms. The number of nitrogens with zero attached hydrogens (tertiary/aromatic N) is 1. The highest BCUT2D eigenvalue weighted by molar-refractivity contribution is 7.10. The molecule has 0 saturated carbocycles. The maximum atomic E-state index is 12.2. The average Bonchev–Trinajstić information content (AvgIpc) is 2.63. The summed E-state index contributed by atoms with van der Waals surface area (Å²) in [5, 5.41) is 10.4. The van der Waals surface area contributed by atoms with Crippen molar-refractivity contribution in [1.82, 2.24) is 4.90 Å². The molecule has 1 N–H and O–H groups in total. The number of rotatable bonds is 4. The van der Waals surface area contributed by atoms with Crippen LogP contribution in [0.25, 0.3) is 0 Å². The van der Waals surface area contributed by atoms with Gasteiger partial charge in [-0.2, -0.15) is 13.2 Å². The molecule has 0 unspecified atom stereocenters. The highest BCUT2D eigenvalue weighted by Gasteiger charge is 2.29. The van der Waals surface area contributed by atoms with Crippen molar-refractivity contribution in [3.63, 3.8) is 0 Å². The summed E-state index contributed by atoms with van der Waals surface area (Å²) in [7, 11) is 1.43. The molecule has 0 atom stereocenters. The molecule has 1 aromatic heterocycles. The van der Waals surface area contributed by atoms with Gasteiger partial charge in [-0.25, -0.2) is 0 Å². The van der Waals surface area contributed by atoms with Crippen molar-refractivity contribution in [3.8, 4) is 11.8 Å². The van der Waals surface area contributed by atoms with E-state index in [1.165, 1.54) is 23.3 Å². The van der Waals surface area contributed by atoms with E-state index in [9.17, 15) is 13.2 Å². The molecule has 1 heterocycles. The minimum atomic E-state index is -4.19. The third-order valence-electron chi connectivity index (χ3n) is 2.07. The summed E-state index contributed by atoms with van der Waals surface area (Å²) in [5.74, 6) is 5.62. The van der Waals surface area contributed by atoms with Gasteiger partial charge < -0.3 is 5.11 Å². The van der Waals surface area contributed by atoms with Crippen LogP contribution in [0.4, 0.5) is 13.2 Å². The Hall–Kier alpha value is -1.03. The topological polar surface area (TPSA) is 23.5 Å². The van der Waals surface area contributed by atoms with Crippen LogP contribution in [0.3, 0.4) is 0 Å². The van der Waals surface area contributed by atoms with E-state index >= 15 is 0 Å². The second kappa shape index (κ2) is 6.78. The Morgan fingerprint density at radius 2 is 2.17 bits per heavy atom. The molecular weight excluding hydrogens is 263 g/mol. The van der Waals surface area contributed by atoms with E-state index < -0.39 is 12.7 Å². The van der Waals surface area contributed by atoms with Crippen LogP contribution in [0.1, 0.15) is 16.9 Å². The maximum absolute atomic E-state index is 12.2. The molecule has 0 saturated heterocycles. The molecular formula is C12H14F3NOS. The smallest absolute Gasteiger partial charge is 0.395 e. The Balaban J connectivity index is 2.63. The van der Waals surface area contributed by atoms with E-state index in [1.54, 1.807) is 11.4 Å². The number of thiophene rings is 1. The molecule has 0 bridgehead atoms. The van der Waals surface area contributed by atoms with Crippen molar-refractivity contribution in [3.05, 3.63) is 21.9 Å². The molecule has 1 aromatic rings. The zero-order valence-corrected chi connectivity index (χ0v) is 10.7. The summed E-state index contributed by atoms with van der Waals surface area (Å²) in [6.07, 6.45) is -3.82. The molecule has 0 aliphatic carbocycles. The first-order chi connectivity index (χ1) is 8.42. The van der Waals surface area contributed by atoms with Gasteiger partial charge >= 0.3 is 6.18 Å². The lowest BCUT2D eigenvalue weighted by molar-refractivity contribution is -0.143. The summed E-state index contributed by atoms with van der Waals surface area (Å²) in [6, 6.07) is 1.78. The summed E-state index contributed by atoms with van der Waals surface area (Å²) in [6.45, 7) is -0.727. The molecule has 0 aromatic carbocycles. The Morgan fingerprint density at radius 3 is 2.78 bits per heavy atom. The van der Waals surface area contributed by atoms with Crippen molar-refractivity contribution in [2.24, 2.45) is 0 Å². The first kappa shape index (κ1) is 15.0. The molecule has 0 aliphatic rings. The molecule has 1 rings (SSSR count). The van der Waals surface area contributed by atoms with E-state index in [1.807, 2.05) is 0 Å². The quantitative estimate of drug-likeness (QED) is 0.855. The van der Waals surface area contributed by atoms with Crippen LogP contribution in [0.15, 0.2) is 11.4 Å². The van der Waals surface area contributed by atoms with Gasteiger partial charge in [-0.1, -0.05) is 11.8 Å². The van der Waals surface area contributed by atoms with Crippen LogP contribution in [-0.2, 0) is 6.54 Å². The zero-order valence-electron chi connectivity index (χ0n) is 9.92. The van der Waals surface area contributed by atoms with E-state index in [4.69, 9.17) is 5.11 Å². The van der Waals surface area contributed by atoms with Gasteiger partial charge in [-0.3, -0.25) is 4.90 Å². The Bertz CT molecular complexity index is 431. The summed E-state index contributed by atoms with van der Waals surface area (Å²) in [5.41, 5.74) is 0.738. The second-order valence-electron chi connectivity index (χ2n) is 3.82. The monoisotopic (exact) mass is 277 g/mol. The van der Waals surface area contributed by atoms with Crippen molar-refractivity contribution < 1.29 is 18.3 Å². The van der Waals surface area contributed by atoms with Crippen LogP contribution in [-0.4, -0.2) is 36.4 Å². The minimum Gasteiger partial charge on any atom is -0.395 e. The molecule has 2 nitrogen and oxygen atoms in total. The largest absolute Gasteiger partial charge is 0.401 e. The first-order valence-electron chi connectivity index (χ1n) is 5.34. The molecule has 0 amide bonds. The summed E-state index contributed by atoms with van der Waals surface area (Å²) < 4.78 is 36.6. The number of hydrogen-bond donors (Lipinski definition) is 1. The normalized spacial score (nSPS) is 11.4. The Morgan fingerprint density at radius 1 is 1.44 bits per heavy atom. The molecule has 0 aliphatic heterocycles. The average molecular weight is 277 g/mol. The van der Waals surface area contributed by atoms with E-state index in [0.29, 0.717) is 6.42 Å². The maximum Gasteiger partial charge on any atom is 0.401 e. The summed E-state index contributed by atoms with van der Waals surface area (Å²) >= 11 is 1.39. The van der Waals surface area contributed by atoms with Gasteiger partial charge in [0.25, 0.3) is 0 Å². The van der Waals surface area contributed by atoms with E-state index in [0.717, 1.165) is 10.4 Å². The van der Waals surface area contributed by atoms with Crippen molar-refractivity contribution in [1.29, 1.82) is 0 Å². The van der Waals surface area contributed by atoms with Gasteiger partial charge in [0.1, 0.15) is 0 Å². The van der Waals surface area contributed by atoms with Gasteiger partial charge in [0.15, 0.2) is 0 Å². The lowest BCUT2D eigenvalue weighted by Gasteiger charge is -2.17.